The van der Waals surface area contributed by atoms with Gasteiger partial charge in [0, 0.05) is 39.3 Å². The van der Waals surface area contributed by atoms with Gasteiger partial charge < -0.3 is 24.2 Å². The first-order valence-electron chi connectivity index (χ1n) is 11.2. The zero-order valence-electron chi connectivity index (χ0n) is 18.3. The van der Waals surface area contributed by atoms with Crippen LogP contribution < -0.4 is 0 Å². The number of likely N-dealkylation sites (tertiary alicyclic amines) is 1. The quantitative estimate of drug-likeness (QED) is 0.561. The SMILES string of the molecule is COC(=O)CCN1CCN(C2OC(=O)N(CCCC3CCN(C)CC3)C2C)CC1. The van der Waals surface area contributed by atoms with Gasteiger partial charge in [-0.2, -0.15) is 0 Å². The van der Waals surface area contributed by atoms with Crippen LogP contribution in [0.15, 0.2) is 0 Å². The van der Waals surface area contributed by atoms with Crippen LogP contribution in [-0.4, -0.2) is 110 Å². The molecule has 0 spiro atoms. The molecular formula is C21H38N4O4. The fourth-order valence-corrected chi connectivity index (χ4v) is 4.76. The van der Waals surface area contributed by atoms with Gasteiger partial charge in [0.2, 0.25) is 0 Å². The molecular weight excluding hydrogens is 372 g/mol. The minimum Gasteiger partial charge on any atom is -0.469 e. The van der Waals surface area contributed by atoms with Crippen molar-refractivity contribution in [2.24, 2.45) is 5.92 Å². The number of methoxy groups -OCH3 is 1. The van der Waals surface area contributed by atoms with Crippen LogP contribution in [0.2, 0.25) is 0 Å². The first-order chi connectivity index (χ1) is 14.0. The van der Waals surface area contributed by atoms with Crippen molar-refractivity contribution in [1.82, 2.24) is 19.6 Å². The molecule has 1 amide bonds. The Morgan fingerprint density at radius 2 is 1.79 bits per heavy atom. The molecule has 0 aromatic rings. The van der Waals surface area contributed by atoms with Crippen molar-refractivity contribution in [2.75, 3.05) is 66.5 Å². The lowest BCUT2D eigenvalue weighted by Crippen LogP contribution is -2.53. The maximum atomic E-state index is 12.4. The highest BCUT2D eigenvalue weighted by Crippen LogP contribution is 2.26. The van der Waals surface area contributed by atoms with E-state index in [2.05, 4.69) is 28.7 Å². The number of ether oxygens (including phenoxy) is 2. The van der Waals surface area contributed by atoms with Crippen LogP contribution in [0.4, 0.5) is 4.79 Å². The molecule has 0 radical (unpaired) electrons. The molecule has 0 N–H and O–H groups in total. The molecule has 3 heterocycles. The molecule has 0 saturated carbocycles. The molecule has 3 aliphatic rings. The third-order valence-electron chi connectivity index (χ3n) is 6.84. The van der Waals surface area contributed by atoms with Crippen LogP contribution in [0.1, 0.15) is 39.0 Å². The van der Waals surface area contributed by atoms with Gasteiger partial charge in [0.25, 0.3) is 0 Å². The summed E-state index contributed by atoms with van der Waals surface area (Å²) in [4.78, 5) is 32.6. The number of carbonyl (C=O) groups excluding carboxylic acids is 2. The van der Waals surface area contributed by atoms with E-state index < -0.39 is 0 Å². The second-order valence-corrected chi connectivity index (χ2v) is 8.80. The molecule has 166 valence electrons. The van der Waals surface area contributed by atoms with Gasteiger partial charge in [0.15, 0.2) is 6.23 Å². The van der Waals surface area contributed by atoms with E-state index in [1.807, 2.05) is 4.90 Å². The van der Waals surface area contributed by atoms with Crippen molar-refractivity contribution in [3.63, 3.8) is 0 Å². The zero-order valence-corrected chi connectivity index (χ0v) is 18.3. The smallest absolute Gasteiger partial charge is 0.411 e. The fourth-order valence-electron chi connectivity index (χ4n) is 4.76. The van der Waals surface area contributed by atoms with Crippen LogP contribution in [0.25, 0.3) is 0 Å². The van der Waals surface area contributed by atoms with Gasteiger partial charge in [-0.1, -0.05) is 0 Å². The van der Waals surface area contributed by atoms with Gasteiger partial charge in [0.1, 0.15) is 0 Å². The second-order valence-electron chi connectivity index (χ2n) is 8.80. The minimum absolute atomic E-state index is 0.0848. The number of hydrogen-bond donors (Lipinski definition) is 0. The summed E-state index contributed by atoms with van der Waals surface area (Å²) in [6, 6.07) is 0.0848. The maximum absolute atomic E-state index is 12.4. The fraction of sp³-hybridized carbons (Fsp3) is 0.905. The van der Waals surface area contributed by atoms with Crippen molar-refractivity contribution in [2.45, 2.75) is 51.3 Å². The number of nitrogens with zero attached hydrogens (tertiary/aromatic N) is 4. The molecule has 0 aromatic carbocycles. The van der Waals surface area contributed by atoms with Gasteiger partial charge in [-0.05, 0) is 58.7 Å². The third-order valence-corrected chi connectivity index (χ3v) is 6.84. The zero-order chi connectivity index (χ0) is 20.8. The lowest BCUT2D eigenvalue weighted by molar-refractivity contribution is -0.141. The summed E-state index contributed by atoms with van der Waals surface area (Å²) in [6.07, 6.45) is 4.91. The van der Waals surface area contributed by atoms with Gasteiger partial charge in [0.05, 0.1) is 19.6 Å². The van der Waals surface area contributed by atoms with Crippen LogP contribution in [0.3, 0.4) is 0 Å². The Morgan fingerprint density at radius 1 is 1.10 bits per heavy atom. The predicted octanol–water partition coefficient (Wildman–Crippen LogP) is 1.46. The van der Waals surface area contributed by atoms with E-state index in [0.717, 1.165) is 51.6 Å². The molecule has 8 heteroatoms. The van der Waals surface area contributed by atoms with Crippen LogP contribution in [0.5, 0.6) is 0 Å². The summed E-state index contributed by atoms with van der Waals surface area (Å²) in [5.41, 5.74) is 0. The molecule has 3 rings (SSSR count). The molecule has 3 saturated heterocycles. The number of piperazine rings is 1. The van der Waals surface area contributed by atoms with Crippen molar-refractivity contribution in [3.8, 4) is 0 Å². The first-order valence-corrected chi connectivity index (χ1v) is 11.2. The molecule has 8 nitrogen and oxygen atoms in total. The molecule has 3 aliphatic heterocycles. The predicted molar refractivity (Wildman–Crippen MR) is 111 cm³/mol. The van der Waals surface area contributed by atoms with E-state index >= 15 is 0 Å². The van der Waals surface area contributed by atoms with Crippen LogP contribution in [0, 0.1) is 5.92 Å². The topological polar surface area (TPSA) is 65.6 Å². The van der Waals surface area contributed by atoms with Crippen LogP contribution >= 0.6 is 0 Å². The average molecular weight is 411 g/mol. The van der Waals surface area contributed by atoms with Crippen molar-refractivity contribution >= 4 is 12.1 Å². The van der Waals surface area contributed by atoms with Crippen molar-refractivity contribution in [1.29, 1.82) is 0 Å². The van der Waals surface area contributed by atoms with Gasteiger partial charge in [-0.3, -0.25) is 9.69 Å². The van der Waals surface area contributed by atoms with E-state index in [-0.39, 0.29) is 24.3 Å². The molecule has 3 fully saturated rings. The van der Waals surface area contributed by atoms with Crippen molar-refractivity contribution < 1.29 is 19.1 Å². The summed E-state index contributed by atoms with van der Waals surface area (Å²) < 4.78 is 10.5. The lowest BCUT2D eigenvalue weighted by Gasteiger charge is -2.38. The monoisotopic (exact) mass is 410 g/mol. The number of hydrogen-bond acceptors (Lipinski definition) is 7. The molecule has 2 atom stereocenters. The maximum Gasteiger partial charge on any atom is 0.411 e. The largest absolute Gasteiger partial charge is 0.469 e. The Hall–Kier alpha value is -1.38. The Morgan fingerprint density at radius 3 is 2.45 bits per heavy atom. The number of esters is 1. The van der Waals surface area contributed by atoms with E-state index in [9.17, 15) is 9.59 Å². The Kier molecular flexibility index (Phi) is 8.15. The summed E-state index contributed by atoms with van der Waals surface area (Å²) in [6.45, 7) is 9.49. The van der Waals surface area contributed by atoms with Gasteiger partial charge >= 0.3 is 12.1 Å². The van der Waals surface area contributed by atoms with Crippen LogP contribution in [-0.2, 0) is 14.3 Å². The van der Waals surface area contributed by atoms with Gasteiger partial charge in [-0.25, -0.2) is 4.79 Å². The Bertz CT molecular complexity index is 545. The molecule has 29 heavy (non-hydrogen) atoms. The van der Waals surface area contributed by atoms with E-state index in [1.165, 1.54) is 39.5 Å². The second kappa shape index (κ2) is 10.6. The summed E-state index contributed by atoms with van der Waals surface area (Å²) >= 11 is 0. The highest BCUT2D eigenvalue weighted by molar-refractivity contribution is 5.70. The highest BCUT2D eigenvalue weighted by Gasteiger charge is 2.42. The number of cyclic esters (lactones) is 1. The molecule has 0 aromatic heterocycles. The number of carbonyl (C=O) groups is 2. The standard InChI is InChI=1S/C21H38N4O4/c1-17-20(24-15-13-23(14-16-24)12-8-19(26)28-3)29-21(27)25(17)9-4-5-18-6-10-22(2)11-7-18/h17-18,20H,4-16H2,1-3H3. The van der Waals surface area contributed by atoms with E-state index in [4.69, 9.17) is 9.47 Å². The minimum atomic E-state index is -0.168. The van der Waals surface area contributed by atoms with E-state index in [0.29, 0.717) is 6.42 Å². The molecule has 0 bridgehead atoms. The molecule has 2 unspecified atom stereocenters. The highest BCUT2D eigenvalue weighted by atomic mass is 16.6. The number of amides is 1. The third kappa shape index (κ3) is 6.06. The normalized spacial score (nSPS) is 28.0. The number of rotatable bonds is 8. The Balaban J connectivity index is 1.38. The van der Waals surface area contributed by atoms with E-state index in [1.54, 1.807) is 0 Å². The Labute approximate surface area is 175 Å². The lowest BCUT2D eigenvalue weighted by atomic mass is 9.92. The first kappa shape index (κ1) is 22.3. The summed E-state index contributed by atoms with van der Waals surface area (Å²) in [7, 11) is 3.62. The summed E-state index contributed by atoms with van der Waals surface area (Å²) in [5.74, 6) is 0.635. The average Bonchev–Trinajstić information content (AvgIpc) is 3.02. The summed E-state index contributed by atoms with van der Waals surface area (Å²) in [5, 5.41) is 0. The number of piperidine rings is 1. The molecule has 0 aliphatic carbocycles. The van der Waals surface area contributed by atoms with Crippen molar-refractivity contribution in [3.05, 3.63) is 0 Å². The van der Waals surface area contributed by atoms with Gasteiger partial charge in [-0.15, -0.1) is 0 Å².